The number of carbonyl (C=O) groups excluding carboxylic acids is 2. The number of hydrogen-bond donors (Lipinski definition) is 1. The van der Waals surface area contributed by atoms with Gasteiger partial charge in [-0.1, -0.05) is 67.6 Å². The number of para-hydroxylation sites is 2. The summed E-state index contributed by atoms with van der Waals surface area (Å²) >= 11 is 0. The molecule has 3 aromatic carbocycles. The number of carbonyl (C=O) groups is 2. The van der Waals surface area contributed by atoms with Gasteiger partial charge in [0.2, 0.25) is 14.3 Å². The highest BCUT2D eigenvalue weighted by molar-refractivity contribution is 6.72. The maximum Gasteiger partial charge on any atom is 0.268 e. The first kappa shape index (κ1) is 26.9. The van der Waals surface area contributed by atoms with Gasteiger partial charge >= 0.3 is 0 Å². The van der Waals surface area contributed by atoms with Gasteiger partial charge in [0.25, 0.3) is 5.91 Å². The van der Waals surface area contributed by atoms with Crippen LogP contribution in [-0.4, -0.2) is 49.0 Å². The number of anilines is 2. The van der Waals surface area contributed by atoms with E-state index in [-0.39, 0.29) is 30.9 Å². The maximum absolute atomic E-state index is 16.2. The minimum Gasteiger partial charge on any atom is -0.394 e. The van der Waals surface area contributed by atoms with Crippen LogP contribution in [0.3, 0.4) is 0 Å². The smallest absolute Gasteiger partial charge is 0.268 e. The Bertz CT molecular complexity index is 1440. The molecule has 1 fully saturated rings. The number of aliphatic hydroxyl groups is 1. The molecule has 0 unspecified atom stereocenters. The monoisotopic (exact) mass is 558 g/mol. The van der Waals surface area contributed by atoms with Gasteiger partial charge in [0.1, 0.15) is 0 Å². The Labute approximate surface area is 235 Å². The lowest BCUT2D eigenvalue weighted by Crippen LogP contribution is -2.48. The zero-order valence-electron chi connectivity index (χ0n) is 23.1. The second-order valence-electron chi connectivity index (χ2n) is 11.8. The molecule has 2 amide bonds. The summed E-state index contributed by atoms with van der Waals surface area (Å²) in [6.07, 6.45) is -0.246. The summed E-state index contributed by atoms with van der Waals surface area (Å²) in [4.78, 5) is 31.6. The number of aliphatic hydroxyl groups excluding tert-OH is 1. The molecular weight excluding hydrogens is 523 g/mol. The molecule has 1 spiro atoms. The van der Waals surface area contributed by atoms with E-state index in [1.165, 1.54) is 0 Å². The molecule has 1 saturated heterocycles. The van der Waals surface area contributed by atoms with Crippen molar-refractivity contribution >= 4 is 31.6 Å². The van der Waals surface area contributed by atoms with E-state index in [0.717, 1.165) is 28.1 Å². The fourth-order valence-electron chi connectivity index (χ4n) is 7.29. The maximum atomic E-state index is 16.2. The standard InChI is InChI=1S/C32H35FN2O4Si/c1-21-30(40(2,3)33)28(18-29(37)34-19-23-12-8-7-11-22(23)17-25(34)20-36)39-32(21)26-15-9-10-16-27(26)35(31(32)38)24-13-5-4-6-14-24/h4-16,21,25,28,30,36H,17-20H2,1-3H3/t21-,25+,28+,30-,32+/m1/s1. The topological polar surface area (TPSA) is 70.1 Å². The molecule has 6 rings (SSSR count). The van der Waals surface area contributed by atoms with E-state index >= 15 is 4.11 Å². The number of benzene rings is 3. The van der Waals surface area contributed by atoms with Crippen molar-refractivity contribution in [1.29, 1.82) is 0 Å². The van der Waals surface area contributed by atoms with Gasteiger partial charge in [0, 0.05) is 29.3 Å². The normalized spacial score (nSPS) is 27.7. The molecule has 208 valence electrons. The van der Waals surface area contributed by atoms with Crippen molar-refractivity contribution in [2.45, 2.75) is 62.7 Å². The lowest BCUT2D eigenvalue weighted by atomic mass is 9.82. The SMILES string of the molecule is C[C@@H]1[C@@H]([Si](C)(C)F)[C@H](CC(=O)N2Cc3ccccc3C[C@H]2CO)O[C@@]12C(=O)N(c1ccccc1)c1ccccc12. The Morgan fingerprint density at radius 3 is 2.38 bits per heavy atom. The Kier molecular flexibility index (Phi) is 6.68. The molecule has 1 N–H and O–H groups in total. The van der Waals surface area contributed by atoms with E-state index in [4.69, 9.17) is 4.74 Å². The van der Waals surface area contributed by atoms with Crippen molar-refractivity contribution in [3.8, 4) is 0 Å². The first-order valence-electron chi connectivity index (χ1n) is 14.0. The minimum atomic E-state index is -3.41. The number of rotatable bonds is 5. The summed E-state index contributed by atoms with van der Waals surface area (Å²) < 4.78 is 22.9. The zero-order valence-corrected chi connectivity index (χ0v) is 24.1. The molecule has 0 bridgehead atoms. The number of halogens is 1. The van der Waals surface area contributed by atoms with E-state index in [1.54, 1.807) is 22.9 Å². The second kappa shape index (κ2) is 9.94. The largest absolute Gasteiger partial charge is 0.394 e. The molecule has 0 aromatic heterocycles. The van der Waals surface area contributed by atoms with Crippen LogP contribution in [-0.2, 0) is 32.9 Å². The Balaban J connectivity index is 1.37. The highest BCUT2D eigenvalue weighted by Gasteiger charge is 2.67. The van der Waals surface area contributed by atoms with E-state index < -0.39 is 31.6 Å². The highest BCUT2D eigenvalue weighted by atomic mass is 28.4. The lowest BCUT2D eigenvalue weighted by Gasteiger charge is -2.37. The van der Waals surface area contributed by atoms with Crippen molar-refractivity contribution in [1.82, 2.24) is 4.90 Å². The van der Waals surface area contributed by atoms with Gasteiger partial charge in [0.05, 0.1) is 30.9 Å². The number of nitrogens with zero attached hydrogens (tertiary/aromatic N) is 2. The predicted molar refractivity (Wildman–Crippen MR) is 154 cm³/mol. The lowest BCUT2D eigenvalue weighted by molar-refractivity contribution is -0.150. The van der Waals surface area contributed by atoms with E-state index in [0.29, 0.717) is 13.0 Å². The van der Waals surface area contributed by atoms with Crippen LogP contribution in [0.2, 0.25) is 18.6 Å². The molecule has 6 nitrogen and oxygen atoms in total. The molecule has 3 aliphatic heterocycles. The Hall–Kier alpha value is -3.33. The van der Waals surface area contributed by atoms with Crippen molar-refractivity contribution in [2.24, 2.45) is 5.92 Å². The summed E-state index contributed by atoms with van der Waals surface area (Å²) in [6, 6.07) is 24.5. The third kappa shape index (κ3) is 4.12. The molecule has 8 heteroatoms. The van der Waals surface area contributed by atoms with E-state index in [2.05, 4.69) is 0 Å². The molecule has 5 atom stereocenters. The van der Waals surface area contributed by atoms with E-state index in [1.807, 2.05) is 85.8 Å². The molecule has 40 heavy (non-hydrogen) atoms. The quantitative estimate of drug-likeness (QED) is 0.333. The summed E-state index contributed by atoms with van der Waals surface area (Å²) in [5.41, 5.74) is 2.38. The van der Waals surface area contributed by atoms with Gasteiger partial charge in [-0.2, -0.15) is 0 Å². The van der Waals surface area contributed by atoms with Crippen LogP contribution in [0.1, 0.15) is 30.0 Å². The van der Waals surface area contributed by atoms with Gasteiger partial charge in [-0.3, -0.25) is 14.5 Å². The van der Waals surface area contributed by atoms with Crippen molar-refractivity contribution in [2.75, 3.05) is 11.5 Å². The summed E-state index contributed by atoms with van der Waals surface area (Å²) in [5.74, 6) is -0.912. The molecule has 0 saturated carbocycles. The molecule has 3 aromatic rings. The van der Waals surface area contributed by atoms with Crippen LogP contribution in [0, 0.1) is 5.92 Å². The predicted octanol–water partition coefficient (Wildman–Crippen LogP) is 5.48. The molecule has 3 aliphatic rings. The van der Waals surface area contributed by atoms with Crippen LogP contribution >= 0.6 is 0 Å². The number of amides is 2. The van der Waals surface area contributed by atoms with Gasteiger partial charge in [0.15, 0.2) is 5.60 Å². The summed E-state index contributed by atoms with van der Waals surface area (Å²) in [6.45, 7) is 5.42. The van der Waals surface area contributed by atoms with Crippen LogP contribution in [0.15, 0.2) is 78.9 Å². The number of hydrogen-bond acceptors (Lipinski definition) is 4. The zero-order chi connectivity index (χ0) is 28.2. The fourth-order valence-corrected chi connectivity index (χ4v) is 9.79. The summed E-state index contributed by atoms with van der Waals surface area (Å²) in [5, 5.41) is 10.1. The minimum absolute atomic E-state index is 0.0451. The van der Waals surface area contributed by atoms with E-state index in [9.17, 15) is 14.7 Å². The Morgan fingerprint density at radius 2 is 1.68 bits per heavy atom. The average Bonchev–Trinajstić information content (AvgIpc) is 3.38. The van der Waals surface area contributed by atoms with Crippen LogP contribution in [0.25, 0.3) is 0 Å². The van der Waals surface area contributed by atoms with Gasteiger partial charge in [-0.15, -0.1) is 0 Å². The first-order valence-corrected chi connectivity index (χ1v) is 16.9. The molecule has 0 radical (unpaired) electrons. The third-order valence-corrected chi connectivity index (χ3v) is 11.5. The van der Waals surface area contributed by atoms with Crippen molar-refractivity contribution in [3.05, 3.63) is 95.6 Å². The molecule has 3 heterocycles. The van der Waals surface area contributed by atoms with Gasteiger partial charge in [-0.05, 0) is 48.8 Å². The number of ether oxygens (including phenoxy) is 1. The van der Waals surface area contributed by atoms with Crippen LogP contribution in [0.5, 0.6) is 0 Å². The van der Waals surface area contributed by atoms with Crippen LogP contribution < -0.4 is 4.90 Å². The third-order valence-electron chi connectivity index (χ3n) is 9.05. The van der Waals surface area contributed by atoms with Crippen molar-refractivity contribution < 1.29 is 23.5 Å². The summed E-state index contributed by atoms with van der Waals surface area (Å²) in [7, 11) is -3.41. The van der Waals surface area contributed by atoms with Crippen LogP contribution in [0.4, 0.5) is 15.5 Å². The molecular formula is C32H35FN2O4Si. The molecule has 0 aliphatic carbocycles. The van der Waals surface area contributed by atoms with Crippen molar-refractivity contribution in [3.63, 3.8) is 0 Å². The second-order valence-corrected chi connectivity index (χ2v) is 15.6. The first-order chi connectivity index (χ1) is 19.2. The Morgan fingerprint density at radius 1 is 1.02 bits per heavy atom. The van der Waals surface area contributed by atoms with Gasteiger partial charge < -0.3 is 18.9 Å². The average molecular weight is 559 g/mol. The number of fused-ring (bicyclic) bond motifs is 3. The fraction of sp³-hybridized carbons (Fsp3) is 0.375. The van der Waals surface area contributed by atoms with Gasteiger partial charge in [-0.25, -0.2) is 0 Å². The highest BCUT2D eigenvalue weighted by Crippen LogP contribution is 2.61.